The minimum atomic E-state index is 0.0734. The van der Waals surface area contributed by atoms with Gasteiger partial charge in [0, 0.05) is 12.5 Å². The lowest BCUT2D eigenvalue weighted by Gasteiger charge is -2.00. The highest BCUT2D eigenvalue weighted by molar-refractivity contribution is 5.93. The molecule has 2 aliphatic rings. The van der Waals surface area contributed by atoms with E-state index in [1.54, 1.807) is 6.08 Å². The summed E-state index contributed by atoms with van der Waals surface area (Å²) in [7, 11) is 0. The molecule has 1 fully saturated rings. The lowest BCUT2D eigenvalue weighted by Crippen LogP contribution is -1.99. The molecule has 1 aliphatic carbocycles. The number of rotatable bonds is 0. The second kappa shape index (κ2) is 1.87. The van der Waals surface area contributed by atoms with Crippen molar-refractivity contribution in [3.8, 4) is 0 Å². The van der Waals surface area contributed by atoms with Crippen LogP contribution in [0.3, 0.4) is 0 Å². The summed E-state index contributed by atoms with van der Waals surface area (Å²) in [5.74, 6) is 1.36. The SMILES string of the molecule is O=C1C=C2OCOC2=CC1. The van der Waals surface area contributed by atoms with Crippen LogP contribution >= 0.6 is 0 Å². The Morgan fingerprint density at radius 1 is 1.30 bits per heavy atom. The second-order valence-electron chi connectivity index (χ2n) is 2.15. The smallest absolute Gasteiger partial charge is 0.231 e. The average molecular weight is 138 g/mol. The van der Waals surface area contributed by atoms with E-state index in [4.69, 9.17) is 9.47 Å². The molecule has 3 heteroatoms. The molecule has 0 spiro atoms. The number of carbonyl (C=O) groups is 1. The van der Waals surface area contributed by atoms with Crippen LogP contribution in [0.4, 0.5) is 0 Å². The summed E-state index contributed by atoms with van der Waals surface area (Å²) in [6, 6.07) is 0. The van der Waals surface area contributed by atoms with E-state index in [0.29, 0.717) is 17.9 Å². The average Bonchev–Trinajstić information content (AvgIpc) is 2.33. The Balaban J connectivity index is 2.35. The molecular formula is C7H6O3. The maximum atomic E-state index is 10.7. The molecule has 52 valence electrons. The first-order valence-corrected chi connectivity index (χ1v) is 3.07. The highest BCUT2D eigenvalue weighted by Crippen LogP contribution is 2.24. The van der Waals surface area contributed by atoms with Crippen LogP contribution in [0, 0.1) is 0 Å². The van der Waals surface area contributed by atoms with Gasteiger partial charge >= 0.3 is 0 Å². The van der Waals surface area contributed by atoms with E-state index in [2.05, 4.69) is 0 Å². The Morgan fingerprint density at radius 3 is 3.00 bits per heavy atom. The molecule has 0 aromatic rings. The standard InChI is InChI=1S/C7H6O3/c8-5-1-2-6-7(3-5)10-4-9-6/h2-3H,1,4H2. The maximum Gasteiger partial charge on any atom is 0.231 e. The van der Waals surface area contributed by atoms with Crippen molar-refractivity contribution in [2.45, 2.75) is 6.42 Å². The number of hydrogen-bond donors (Lipinski definition) is 0. The molecule has 0 unspecified atom stereocenters. The molecule has 0 amide bonds. The number of hydrogen-bond acceptors (Lipinski definition) is 3. The van der Waals surface area contributed by atoms with Gasteiger partial charge in [-0.05, 0) is 6.08 Å². The van der Waals surface area contributed by atoms with E-state index in [1.165, 1.54) is 6.08 Å². The molecule has 0 radical (unpaired) electrons. The fourth-order valence-electron chi connectivity index (χ4n) is 0.969. The topological polar surface area (TPSA) is 35.5 Å². The van der Waals surface area contributed by atoms with Crippen LogP contribution in [0.25, 0.3) is 0 Å². The Labute approximate surface area is 57.9 Å². The van der Waals surface area contributed by atoms with E-state index < -0.39 is 0 Å². The van der Waals surface area contributed by atoms with Crippen LogP contribution in [-0.2, 0) is 14.3 Å². The van der Waals surface area contributed by atoms with Gasteiger partial charge in [0.25, 0.3) is 0 Å². The second-order valence-corrected chi connectivity index (χ2v) is 2.15. The Hall–Kier alpha value is -1.25. The highest BCUT2D eigenvalue weighted by atomic mass is 16.7. The van der Waals surface area contributed by atoms with Crippen LogP contribution in [-0.4, -0.2) is 12.6 Å². The predicted molar refractivity (Wildman–Crippen MR) is 32.8 cm³/mol. The number of ether oxygens (including phenoxy) is 2. The Kier molecular flexibility index (Phi) is 1.03. The molecule has 0 aromatic heterocycles. The van der Waals surface area contributed by atoms with Gasteiger partial charge in [0.1, 0.15) is 0 Å². The lowest BCUT2D eigenvalue weighted by atomic mass is 10.1. The predicted octanol–water partition coefficient (Wildman–Crippen LogP) is 0.731. The van der Waals surface area contributed by atoms with Crippen molar-refractivity contribution in [2.24, 2.45) is 0 Å². The zero-order chi connectivity index (χ0) is 6.97. The van der Waals surface area contributed by atoms with Crippen molar-refractivity contribution >= 4 is 5.78 Å². The normalized spacial score (nSPS) is 22.2. The fraction of sp³-hybridized carbons (Fsp3) is 0.286. The molecule has 0 N–H and O–H groups in total. The number of fused-ring (bicyclic) bond motifs is 1. The van der Waals surface area contributed by atoms with Crippen molar-refractivity contribution in [1.82, 2.24) is 0 Å². The van der Waals surface area contributed by atoms with E-state index in [0.717, 1.165) is 0 Å². The summed E-state index contributed by atoms with van der Waals surface area (Å²) in [6.45, 7) is 0.241. The summed E-state index contributed by atoms with van der Waals surface area (Å²) in [4.78, 5) is 10.7. The van der Waals surface area contributed by atoms with Crippen molar-refractivity contribution in [3.05, 3.63) is 23.7 Å². The van der Waals surface area contributed by atoms with Gasteiger partial charge in [0.15, 0.2) is 17.3 Å². The molecule has 10 heavy (non-hydrogen) atoms. The van der Waals surface area contributed by atoms with Crippen LogP contribution < -0.4 is 0 Å². The van der Waals surface area contributed by atoms with Crippen molar-refractivity contribution in [1.29, 1.82) is 0 Å². The van der Waals surface area contributed by atoms with Gasteiger partial charge in [-0.25, -0.2) is 0 Å². The van der Waals surface area contributed by atoms with Gasteiger partial charge in [-0.1, -0.05) is 0 Å². The molecule has 1 saturated heterocycles. The summed E-state index contributed by atoms with van der Waals surface area (Å²) in [5, 5.41) is 0. The van der Waals surface area contributed by atoms with E-state index in [9.17, 15) is 4.79 Å². The van der Waals surface area contributed by atoms with Gasteiger partial charge in [-0.3, -0.25) is 4.79 Å². The monoisotopic (exact) mass is 138 g/mol. The van der Waals surface area contributed by atoms with Crippen LogP contribution in [0.2, 0.25) is 0 Å². The minimum Gasteiger partial charge on any atom is -0.454 e. The summed E-state index contributed by atoms with van der Waals surface area (Å²) in [6.07, 6.45) is 3.65. The zero-order valence-electron chi connectivity index (χ0n) is 5.29. The first kappa shape index (κ1) is 5.53. The van der Waals surface area contributed by atoms with Crippen molar-refractivity contribution in [3.63, 3.8) is 0 Å². The van der Waals surface area contributed by atoms with Crippen molar-refractivity contribution in [2.75, 3.05) is 6.79 Å². The third-order valence-electron chi connectivity index (χ3n) is 1.45. The molecule has 3 nitrogen and oxygen atoms in total. The summed E-state index contributed by atoms with van der Waals surface area (Å²) < 4.78 is 10.0. The first-order chi connectivity index (χ1) is 4.86. The first-order valence-electron chi connectivity index (χ1n) is 3.07. The number of carbonyl (C=O) groups excluding carboxylic acids is 1. The zero-order valence-corrected chi connectivity index (χ0v) is 5.29. The third kappa shape index (κ3) is 0.708. The minimum absolute atomic E-state index is 0.0734. The fourth-order valence-corrected chi connectivity index (χ4v) is 0.969. The van der Waals surface area contributed by atoms with Gasteiger partial charge in [0.05, 0.1) is 0 Å². The molecule has 0 saturated carbocycles. The van der Waals surface area contributed by atoms with E-state index in [-0.39, 0.29) is 12.6 Å². The summed E-state index contributed by atoms with van der Waals surface area (Å²) >= 11 is 0. The molecular weight excluding hydrogens is 132 g/mol. The molecule has 2 rings (SSSR count). The number of allylic oxidation sites excluding steroid dienone is 2. The van der Waals surface area contributed by atoms with Crippen LogP contribution in [0.5, 0.6) is 0 Å². The third-order valence-corrected chi connectivity index (χ3v) is 1.45. The van der Waals surface area contributed by atoms with Gasteiger partial charge in [0.2, 0.25) is 6.79 Å². The van der Waals surface area contributed by atoms with E-state index in [1.807, 2.05) is 0 Å². The molecule has 0 atom stereocenters. The Morgan fingerprint density at radius 2 is 2.10 bits per heavy atom. The highest BCUT2D eigenvalue weighted by Gasteiger charge is 2.20. The van der Waals surface area contributed by atoms with E-state index >= 15 is 0 Å². The molecule has 0 aromatic carbocycles. The van der Waals surface area contributed by atoms with Gasteiger partial charge in [-0.2, -0.15) is 0 Å². The van der Waals surface area contributed by atoms with Crippen LogP contribution in [0.15, 0.2) is 23.7 Å². The molecule has 1 heterocycles. The molecule has 0 bridgehead atoms. The molecule has 1 aliphatic heterocycles. The maximum absolute atomic E-state index is 10.7. The largest absolute Gasteiger partial charge is 0.454 e. The van der Waals surface area contributed by atoms with Crippen LogP contribution in [0.1, 0.15) is 6.42 Å². The Bertz CT molecular complexity index is 237. The summed E-state index contributed by atoms with van der Waals surface area (Å²) in [5.41, 5.74) is 0. The number of ketones is 1. The lowest BCUT2D eigenvalue weighted by molar-refractivity contribution is -0.114. The van der Waals surface area contributed by atoms with Crippen molar-refractivity contribution < 1.29 is 14.3 Å². The van der Waals surface area contributed by atoms with Gasteiger partial charge < -0.3 is 9.47 Å². The quantitative estimate of drug-likeness (QED) is 0.495. The van der Waals surface area contributed by atoms with Gasteiger partial charge in [-0.15, -0.1) is 0 Å².